The molecule has 0 saturated heterocycles. The third-order valence-corrected chi connectivity index (χ3v) is 4.53. The van der Waals surface area contributed by atoms with E-state index in [9.17, 15) is 4.79 Å². The molecule has 120 valence electrons. The molecular formula is C19H38O. The maximum atomic E-state index is 11.8. The lowest BCUT2D eigenvalue weighted by atomic mass is 9.83. The molecule has 2 unspecified atom stereocenters. The van der Waals surface area contributed by atoms with Crippen molar-refractivity contribution < 1.29 is 4.79 Å². The maximum absolute atomic E-state index is 11.8. The van der Waals surface area contributed by atoms with E-state index in [1.807, 2.05) is 0 Å². The lowest BCUT2D eigenvalue weighted by molar-refractivity contribution is -0.121. The summed E-state index contributed by atoms with van der Waals surface area (Å²) < 4.78 is 0. The smallest absolute Gasteiger partial charge is 0.132 e. The first-order valence-electron chi connectivity index (χ1n) is 9.16. The standard InChI is InChI=1S/C19H38O/c1-5-8-11-12-14-18(13-9-6-2)16-19(17(4)20)15-10-7-3/h18-19H,5-16H2,1-4H3. The predicted octanol–water partition coefficient (Wildman–Crippen LogP) is 6.55. The Morgan fingerprint density at radius 3 is 1.85 bits per heavy atom. The molecule has 20 heavy (non-hydrogen) atoms. The van der Waals surface area contributed by atoms with Gasteiger partial charge < -0.3 is 0 Å². The van der Waals surface area contributed by atoms with Crippen molar-refractivity contribution in [3.63, 3.8) is 0 Å². The zero-order chi connectivity index (χ0) is 15.2. The Hall–Kier alpha value is -0.330. The van der Waals surface area contributed by atoms with Gasteiger partial charge in [0.2, 0.25) is 0 Å². The number of rotatable bonds is 14. The van der Waals surface area contributed by atoms with Crippen molar-refractivity contribution in [2.75, 3.05) is 0 Å². The van der Waals surface area contributed by atoms with Crippen LogP contribution < -0.4 is 0 Å². The van der Waals surface area contributed by atoms with E-state index in [4.69, 9.17) is 0 Å². The second-order valence-electron chi connectivity index (χ2n) is 6.54. The lowest BCUT2D eigenvalue weighted by Gasteiger charge is -2.22. The Labute approximate surface area is 127 Å². The minimum Gasteiger partial charge on any atom is -0.300 e. The summed E-state index contributed by atoms with van der Waals surface area (Å²) in [6.07, 6.45) is 15.4. The molecule has 0 radical (unpaired) electrons. The molecule has 0 aliphatic carbocycles. The molecule has 0 aliphatic heterocycles. The van der Waals surface area contributed by atoms with Crippen molar-refractivity contribution in [2.24, 2.45) is 11.8 Å². The molecule has 0 aromatic carbocycles. The van der Waals surface area contributed by atoms with E-state index in [1.165, 1.54) is 64.2 Å². The highest BCUT2D eigenvalue weighted by Crippen LogP contribution is 2.27. The maximum Gasteiger partial charge on any atom is 0.132 e. The Kier molecular flexibility index (Phi) is 13.4. The van der Waals surface area contributed by atoms with Crippen LogP contribution in [0, 0.1) is 11.8 Å². The van der Waals surface area contributed by atoms with Crippen LogP contribution in [0.1, 0.15) is 105 Å². The van der Waals surface area contributed by atoms with Crippen molar-refractivity contribution in [3.8, 4) is 0 Å². The van der Waals surface area contributed by atoms with Gasteiger partial charge in [-0.15, -0.1) is 0 Å². The lowest BCUT2D eigenvalue weighted by Crippen LogP contribution is -2.16. The first-order valence-corrected chi connectivity index (χ1v) is 9.16. The van der Waals surface area contributed by atoms with Gasteiger partial charge in [0, 0.05) is 5.92 Å². The SMILES string of the molecule is CCCCCCC(CCCC)CC(CCCC)C(C)=O. The quantitative estimate of drug-likeness (QED) is 0.330. The number of ketones is 1. The van der Waals surface area contributed by atoms with Gasteiger partial charge >= 0.3 is 0 Å². The van der Waals surface area contributed by atoms with Gasteiger partial charge in [-0.3, -0.25) is 4.79 Å². The summed E-state index contributed by atoms with van der Waals surface area (Å²) in [5, 5.41) is 0. The van der Waals surface area contributed by atoms with E-state index >= 15 is 0 Å². The van der Waals surface area contributed by atoms with Crippen molar-refractivity contribution >= 4 is 5.78 Å². The molecule has 0 heterocycles. The third kappa shape index (κ3) is 10.5. The molecule has 1 nitrogen and oxygen atoms in total. The summed E-state index contributed by atoms with van der Waals surface area (Å²) in [5.41, 5.74) is 0. The normalized spacial score (nSPS) is 14.2. The van der Waals surface area contributed by atoms with Crippen molar-refractivity contribution in [3.05, 3.63) is 0 Å². The van der Waals surface area contributed by atoms with Gasteiger partial charge in [-0.2, -0.15) is 0 Å². The fourth-order valence-corrected chi connectivity index (χ4v) is 3.07. The van der Waals surface area contributed by atoms with E-state index in [-0.39, 0.29) is 0 Å². The van der Waals surface area contributed by atoms with Crippen molar-refractivity contribution in [1.29, 1.82) is 0 Å². The topological polar surface area (TPSA) is 17.1 Å². The van der Waals surface area contributed by atoms with Gasteiger partial charge in [0.05, 0.1) is 0 Å². The highest BCUT2D eigenvalue weighted by Gasteiger charge is 2.19. The van der Waals surface area contributed by atoms with Gasteiger partial charge in [0.1, 0.15) is 5.78 Å². The number of unbranched alkanes of at least 4 members (excludes halogenated alkanes) is 5. The molecule has 0 bridgehead atoms. The molecule has 0 rings (SSSR count). The third-order valence-electron chi connectivity index (χ3n) is 4.53. The summed E-state index contributed by atoms with van der Waals surface area (Å²) in [5.74, 6) is 1.55. The summed E-state index contributed by atoms with van der Waals surface area (Å²) in [6.45, 7) is 8.56. The average molecular weight is 283 g/mol. The molecule has 0 fully saturated rings. The minimum absolute atomic E-state index is 0.336. The van der Waals surface area contributed by atoms with Crippen LogP contribution in [0.4, 0.5) is 0 Å². The Bertz CT molecular complexity index is 222. The Morgan fingerprint density at radius 1 is 0.750 bits per heavy atom. The fourth-order valence-electron chi connectivity index (χ4n) is 3.07. The van der Waals surface area contributed by atoms with Crippen LogP contribution in [0.25, 0.3) is 0 Å². The Morgan fingerprint density at radius 2 is 1.30 bits per heavy atom. The van der Waals surface area contributed by atoms with Crippen molar-refractivity contribution in [2.45, 2.75) is 105 Å². The first-order chi connectivity index (χ1) is 9.65. The monoisotopic (exact) mass is 282 g/mol. The molecule has 2 atom stereocenters. The molecule has 0 aromatic heterocycles. The van der Waals surface area contributed by atoms with E-state index in [0.717, 1.165) is 18.8 Å². The van der Waals surface area contributed by atoms with Crippen LogP contribution in [0.5, 0.6) is 0 Å². The fraction of sp³-hybridized carbons (Fsp3) is 0.947. The molecule has 0 N–H and O–H groups in total. The summed E-state index contributed by atoms with van der Waals surface area (Å²) in [6, 6.07) is 0. The van der Waals surface area contributed by atoms with Crippen molar-refractivity contribution in [1.82, 2.24) is 0 Å². The summed E-state index contributed by atoms with van der Waals surface area (Å²) in [7, 11) is 0. The van der Waals surface area contributed by atoms with Crippen LogP contribution in [0.15, 0.2) is 0 Å². The van der Waals surface area contributed by atoms with Crippen LogP contribution in [-0.4, -0.2) is 5.78 Å². The van der Waals surface area contributed by atoms with Crippen LogP contribution in [0.2, 0.25) is 0 Å². The first kappa shape index (κ1) is 19.7. The zero-order valence-electron chi connectivity index (χ0n) is 14.5. The highest BCUT2D eigenvalue weighted by molar-refractivity contribution is 5.78. The van der Waals surface area contributed by atoms with Gasteiger partial charge in [-0.25, -0.2) is 0 Å². The summed E-state index contributed by atoms with van der Waals surface area (Å²) in [4.78, 5) is 11.8. The summed E-state index contributed by atoms with van der Waals surface area (Å²) >= 11 is 0. The molecule has 0 aliphatic rings. The number of carbonyl (C=O) groups is 1. The van der Waals surface area contributed by atoms with Gasteiger partial charge in [-0.05, 0) is 25.7 Å². The largest absolute Gasteiger partial charge is 0.300 e. The minimum atomic E-state index is 0.336. The van der Waals surface area contributed by atoms with Crippen LogP contribution >= 0.6 is 0 Å². The molecule has 0 aromatic rings. The number of hydrogen-bond donors (Lipinski definition) is 0. The number of carbonyl (C=O) groups excluding carboxylic acids is 1. The zero-order valence-corrected chi connectivity index (χ0v) is 14.5. The van der Waals surface area contributed by atoms with Crippen LogP contribution in [0.3, 0.4) is 0 Å². The molecular weight excluding hydrogens is 244 g/mol. The van der Waals surface area contributed by atoms with Crippen LogP contribution in [-0.2, 0) is 4.79 Å². The van der Waals surface area contributed by atoms with E-state index < -0.39 is 0 Å². The van der Waals surface area contributed by atoms with E-state index in [0.29, 0.717) is 11.7 Å². The van der Waals surface area contributed by atoms with E-state index in [1.54, 1.807) is 6.92 Å². The number of Topliss-reactive ketones (excluding diaryl/α,β-unsaturated/α-hetero) is 1. The molecule has 1 heteroatoms. The highest BCUT2D eigenvalue weighted by atomic mass is 16.1. The molecule has 0 saturated carbocycles. The number of hydrogen-bond acceptors (Lipinski definition) is 1. The second kappa shape index (κ2) is 13.6. The molecule has 0 amide bonds. The molecule has 0 spiro atoms. The van der Waals surface area contributed by atoms with Gasteiger partial charge in [-0.1, -0.05) is 85.0 Å². The Balaban J connectivity index is 4.22. The predicted molar refractivity (Wildman–Crippen MR) is 90.1 cm³/mol. The van der Waals surface area contributed by atoms with Gasteiger partial charge in [0.15, 0.2) is 0 Å². The van der Waals surface area contributed by atoms with Gasteiger partial charge in [0.25, 0.3) is 0 Å². The van der Waals surface area contributed by atoms with E-state index in [2.05, 4.69) is 20.8 Å². The average Bonchev–Trinajstić information content (AvgIpc) is 2.44. The second-order valence-corrected chi connectivity index (χ2v) is 6.54.